The number of nitrogens with one attached hydrogen (secondary N) is 1. The quantitative estimate of drug-likeness (QED) is 0.787. The predicted molar refractivity (Wildman–Crippen MR) is 72.5 cm³/mol. The molecule has 1 aromatic rings. The molecule has 2 N–H and O–H groups in total. The van der Waals surface area contributed by atoms with Gasteiger partial charge in [-0.3, -0.25) is 0 Å². The Bertz CT molecular complexity index is 280. The van der Waals surface area contributed by atoms with Gasteiger partial charge in [-0.05, 0) is 5.56 Å². The largest absolute Gasteiger partial charge is 0.389 e. The fourth-order valence-electron chi connectivity index (χ4n) is 1.32. The number of aliphatic hydroxyl groups excluding tert-OH is 1. The summed E-state index contributed by atoms with van der Waals surface area (Å²) in [5.41, 5.74) is 1.13. The first kappa shape index (κ1) is 16.4. The highest BCUT2D eigenvalue weighted by Crippen LogP contribution is 2.00. The average Bonchev–Trinajstić information content (AvgIpc) is 2.28. The number of hydrogen-bond donors (Lipinski definition) is 2. The van der Waals surface area contributed by atoms with E-state index in [4.69, 9.17) is 4.74 Å². The van der Waals surface area contributed by atoms with Crippen molar-refractivity contribution in [3.8, 4) is 0 Å². The third kappa shape index (κ3) is 8.16. The number of ether oxygens (including phenoxy) is 1. The van der Waals surface area contributed by atoms with E-state index in [2.05, 4.69) is 19.2 Å². The van der Waals surface area contributed by atoms with Crippen molar-refractivity contribution in [2.75, 3.05) is 13.2 Å². The van der Waals surface area contributed by atoms with Crippen LogP contribution in [-0.4, -0.2) is 30.4 Å². The van der Waals surface area contributed by atoms with Crippen LogP contribution in [0.3, 0.4) is 0 Å². The standard InChI is InChI=1S/C13H21NO2.ClH/c1-11(2)14-8-13(15)10-16-9-12-6-4-3-5-7-12;/h3-7,11,13-15H,8-10H2,1-2H3;1H. The van der Waals surface area contributed by atoms with Crippen molar-refractivity contribution in [1.29, 1.82) is 0 Å². The molecule has 3 nitrogen and oxygen atoms in total. The summed E-state index contributed by atoms with van der Waals surface area (Å²) in [7, 11) is 0. The molecular formula is C13H22ClNO2. The van der Waals surface area contributed by atoms with E-state index in [1.807, 2.05) is 30.3 Å². The molecule has 0 saturated carbocycles. The van der Waals surface area contributed by atoms with E-state index in [1.54, 1.807) is 0 Å². The fraction of sp³-hybridized carbons (Fsp3) is 0.538. The van der Waals surface area contributed by atoms with Gasteiger partial charge >= 0.3 is 0 Å². The van der Waals surface area contributed by atoms with Crippen LogP contribution in [0, 0.1) is 0 Å². The molecular weight excluding hydrogens is 238 g/mol. The van der Waals surface area contributed by atoms with E-state index in [1.165, 1.54) is 0 Å². The molecule has 98 valence electrons. The lowest BCUT2D eigenvalue weighted by Crippen LogP contribution is -2.34. The van der Waals surface area contributed by atoms with E-state index in [0.29, 0.717) is 25.8 Å². The highest BCUT2D eigenvalue weighted by molar-refractivity contribution is 5.85. The molecule has 1 atom stereocenters. The summed E-state index contributed by atoms with van der Waals surface area (Å²) in [6.07, 6.45) is -0.439. The van der Waals surface area contributed by atoms with E-state index >= 15 is 0 Å². The highest BCUT2D eigenvalue weighted by atomic mass is 35.5. The van der Waals surface area contributed by atoms with Gasteiger partial charge in [-0.15, -0.1) is 12.4 Å². The van der Waals surface area contributed by atoms with Gasteiger partial charge in [0.05, 0.1) is 19.3 Å². The molecule has 1 aromatic carbocycles. The van der Waals surface area contributed by atoms with Crippen molar-refractivity contribution >= 4 is 12.4 Å². The van der Waals surface area contributed by atoms with Crippen LogP contribution in [0.2, 0.25) is 0 Å². The van der Waals surface area contributed by atoms with Crippen molar-refractivity contribution < 1.29 is 9.84 Å². The van der Waals surface area contributed by atoms with Crippen LogP contribution in [0.4, 0.5) is 0 Å². The zero-order chi connectivity index (χ0) is 11.8. The fourth-order valence-corrected chi connectivity index (χ4v) is 1.32. The van der Waals surface area contributed by atoms with Crippen LogP contribution in [0.15, 0.2) is 30.3 Å². The molecule has 0 amide bonds. The molecule has 0 radical (unpaired) electrons. The molecule has 0 aliphatic rings. The Morgan fingerprint density at radius 2 is 1.88 bits per heavy atom. The molecule has 0 aromatic heterocycles. The third-order valence-corrected chi connectivity index (χ3v) is 2.18. The second-order valence-electron chi connectivity index (χ2n) is 4.22. The monoisotopic (exact) mass is 259 g/mol. The van der Waals surface area contributed by atoms with Gasteiger partial charge in [-0.1, -0.05) is 44.2 Å². The van der Waals surface area contributed by atoms with E-state index < -0.39 is 6.10 Å². The van der Waals surface area contributed by atoms with Crippen LogP contribution in [-0.2, 0) is 11.3 Å². The number of aliphatic hydroxyl groups is 1. The molecule has 1 rings (SSSR count). The molecule has 1 unspecified atom stereocenters. The lowest BCUT2D eigenvalue weighted by atomic mass is 10.2. The van der Waals surface area contributed by atoms with Crippen molar-refractivity contribution in [3.63, 3.8) is 0 Å². The maximum atomic E-state index is 9.59. The molecule has 0 heterocycles. The topological polar surface area (TPSA) is 41.5 Å². The molecule has 0 fully saturated rings. The molecule has 0 aliphatic carbocycles. The van der Waals surface area contributed by atoms with Crippen molar-refractivity contribution in [2.45, 2.75) is 32.6 Å². The van der Waals surface area contributed by atoms with Crippen LogP contribution >= 0.6 is 12.4 Å². The summed E-state index contributed by atoms with van der Waals surface area (Å²) >= 11 is 0. The molecule has 0 aliphatic heterocycles. The lowest BCUT2D eigenvalue weighted by molar-refractivity contribution is 0.0281. The first-order valence-electron chi connectivity index (χ1n) is 5.71. The Balaban J connectivity index is 0.00000256. The Morgan fingerprint density at radius 1 is 1.24 bits per heavy atom. The van der Waals surface area contributed by atoms with Crippen molar-refractivity contribution in [2.24, 2.45) is 0 Å². The lowest BCUT2D eigenvalue weighted by Gasteiger charge is -2.14. The smallest absolute Gasteiger partial charge is 0.0897 e. The van der Waals surface area contributed by atoms with Crippen LogP contribution < -0.4 is 5.32 Å². The predicted octanol–water partition coefficient (Wildman–Crippen LogP) is 1.98. The zero-order valence-electron chi connectivity index (χ0n) is 10.4. The minimum atomic E-state index is -0.439. The van der Waals surface area contributed by atoms with E-state index in [0.717, 1.165) is 5.56 Å². The summed E-state index contributed by atoms with van der Waals surface area (Å²) in [5.74, 6) is 0. The molecule has 0 bridgehead atoms. The normalized spacial score (nSPS) is 12.2. The van der Waals surface area contributed by atoms with Crippen molar-refractivity contribution in [1.82, 2.24) is 5.32 Å². The van der Waals surface area contributed by atoms with Gasteiger partial charge in [-0.25, -0.2) is 0 Å². The summed E-state index contributed by atoms with van der Waals surface area (Å²) in [4.78, 5) is 0. The second-order valence-corrected chi connectivity index (χ2v) is 4.22. The summed E-state index contributed by atoms with van der Waals surface area (Å²) in [5, 5.41) is 12.8. The maximum absolute atomic E-state index is 9.59. The van der Waals surface area contributed by atoms with Gasteiger partial charge in [0.25, 0.3) is 0 Å². The van der Waals surface area contributed by atoms with Gasteiger partial charge < -0.3 is 15.2 Å². The van der Waals surface area contributed by atoms with E-state index in [9.17, 15) is 5.11 Å². The SMILES string of the molecule is CC(C)NCC(O)COCc1ccccc1.Cl. The Labute approximate surface area is 110 Å². The first-order chi connectivity index (χ1) is 7.68. The van der Waals surface area contributed by atoms with Crippen LogP contribution in [0.1, 0.15) is 19.4 Å². The molecule has 4 heteroatoms. The molecule has 0 saturated heterocycles. The summed E-state index contributed by atoms with van der Waals surface area (Å²) in [6, 6.07) is 10.4. The Kier molecular flexibility index (Phi) is 9.09. The van der Waals surface area contributed by atoms with Crippen LogP contribution in [0.5, 0.6) is 0 Å². The van der Waals surface area contributed by atoms with Crippen molar-refractivity contribution in [3.05, 3.63) is 35.9 Å². The van der Waals surface area contributed by atoms with Gasteiger partial charge in [0.1, 0.15) is 0 Å². The third-order valence-electron chi connectivity index (χ3n) is 2.18. The average molecular weight is 260 g/mol. The number of rotatable bonds is 7. The number of halogens is 1. The number of hydrogen-bond acceptors (Lipinski definition) is 3. The zero-order valence-corrected chi connectivity index (χ0v) is 11.2. The Morgan fingerprint density at radius 3 is 2.47 bits per heavy atom. The van der Waals surface area contributed by atoms with Gasteiger partial charge in [0, 0.05) is 12.6 Å². The summed E-state index contributed by atoms with van der Waals surface area (Å²) in [6.45, 7) is 5.61. The molecule has 17 heavy (non-hydrogen) atoms. The van der Waals surface area contributed by atoms with Gasteiger partial charge in [0.15, 0.2) is 0 Å². The maximum Gasteiger partial charge on any atom is 0.0897 e. The Hall–Kier alpha value is -0.610. The molecule has 0 spiro atoms. The second kappa shape index (κ2) is 9.42. The highest BCUT2D eigenvalue weighted by Gasteiger charge is 2.04. The minimum absolute atomic E-state index is 0. The van der Waals surface area contributed by atoms with E-state index in [-0.39, 0.29) is 12.4 Å². The minimum Gasteiger partial charge on any atom is -0.389 e. The summed E-state index contributed by atoms with van der Waals surface area (Å²) < 4.78 is 5.42. The van der Waals surface area contributed by atoms with Crippen LogP contribution in [0.25, 0.3) is 0 Å². The number of benzene rings is 1. The van der Waals surface area contributed by atoms with Gasteiger partial charge in [-0.2, -0.15) is 0 Å². The first-order valence-corrected chi connectivity index (χ1v) is 5.71. The van der Waals surface area contributed by atoms with Gasteiger partial charge in [0.2, 0.25) is 0 Å².